The molecule has 1 fully saturated rings. The van der Waals surface area contributed by atoms with Gasteiger partial charge in [-0.2, -0.15) is 5.10 Å². The van der Waals surface area contributed by atoms with Crippen LogP contribution in [0.1, 0.15) is 30.6 Å². The van der Waals surface area contributed by atoms with Gasteiger partial charge in [-0.05, 0) is 38.0 Å². The number of rotatable bonds is 4. The van der Waals surface area contributed by atoms with Crippen LogP contribution >= 0.6 is 0 Å². The van der Waals surface area contributed by atoms with E-state index in [1.54, 1.807) is 16.8 Å². The molecule has 0 bridgehead atoms. The van der Waals surface area contributed by atoms with E-state index in [9.17, 15) is 9.18 Å². The summed E-state index contributed by atoms with van der Waals surface area (Å²) in [5.41, 5.74) is 7.90. The summed E-state index contributed by atoms with van der Waals surface area (Å²) in [6, 6.07) is 7.77. The van der Waals surface area contributed by atoms with Crippen LogP contribution in [0.25, 0.3) is 0 Å². The molecule has 1 aromatic carbocycles. The minimum Gasteiger partial charge on any atom is -0.309 e. The lowest BCUT2D eigenvalue weighted by Crippen LogP contribution is -2.39. The van der Waals surface area contributed by atoms with E-state index in [1.165, 1.54) is 12.1 Å². The number of halogens is 1. The van der Waals surface area contributed by atoms with Gasteiger partial charge in [0.05, 0.1) is 5.69 Å². The second-order valence-electron chi connectivity index (χ2n) is 5.66. The third-order valence-corrected chi connectivity index (χ3v) is 3.94. The van der Waals surface area contributed by atoms with Gasteiger partial charge in [0.15, 0.2) is 0 Å². The molecule has 0 radical (unpaired) electrons. The average molecular weight is 317 g/mol. The summed E-state index contributed by atoms with van der Waals surface area (Å²) in [5, 5.41) is 7.21. The molecule has 7 heteroatoms. The van der Waals surface area contributed by atoms with Gasteiger partial charge in [0.1, 0.15) is 17.7 Å². The van der Waals surface area contributed by atoms with E-state index in [-0.39, 0.29) is 23.8 Å². The number of amides is 1. The van der Waals surface area contributed by atoms with Crippen LogP contribution in [0.5, 0.6) is 0 Å². The fraction of sp³-hybridized carbons (Fsp3) is 0.375. The predicted octanol–water partition coefficient (Wildman–Crippen LogP) is 1.90. The summed E-state index contributed by atoms with van der Waals surface area (Å²) in [6.45, 7) is 4.56. The molecule has 1 saturated heterocycles. The van der Waals surface area contributed by atoms with Crippen molar-refractivity contribution >= 4 is 11.7 Å². The molecule has 23 heavy (non-hydrogen) atoms. The minimum atomic E-state index is -0.356. The third-order valence-electron chi connectivity index (χ3n) is 3.94. The number of carbonyl (C=O) groups excluding carboxylic acids is 1. The topological polar surface area (TPSA) is 71.0 Å². The molecule has 2 unspecified atom stereocenters. The summed E-state index contributed by atoms with van der Waals surface area (Å²) in [4.78, 5) is 12.4. The maximum atomic E-state index is 13.0. The molecule has 0 saturated carbocycles. The van der Waals surface area contributed by atoms with Gasteiger partial charge in [-0.15, -0.1) is 0 Å². The molecule has 2 atom stereocenters. The minimum absolute atomic E-state index is 0.0239. The molecular weight excluding hydrogens is 297 g/mol. The number of hydrazine groups is 1. The van der Waals surface area contributed by atoms with Crippen LogP contribution in [0.15, 0.2) is 30.3 Å². The van der Waals surface area contributed by atoms with Crippen molar-refractivity contribution in [2.75, 3.05) is 5.32 Å². The molecule has 2 heterocycles. The van der Waals surface area contributed by atoms with Gasteiger partial charge in [0.25, 0.3) is 0 Å². The van der Waals surface area contributed by atoms with Crippen molar-refractivity contribution < 1.29 is 9.18 Å². The summed E-state index contributed by atoms with van der Waals surface area (Å²) < 4.78 is 14.7. The van der Waals surface area contributed by atoms with E-state index in [0.29, 0.717) is 18.8 Å². The fourth-order valence-electron chi connectivity index (χ4n) is 2.74. The Hall–Kier alpha value is -2.25. The highest BCUT2D eigenvalue weighted by Crippen LogP contribution is 2.23. The first kappa shape index (κ1) is 15.6. The zero-order valence-electron chi connectivity index (χ0n) is 13.1. The first-order valence-corrected chi connectivity index (χ1v) is 7.68. The van der Waals surface area contributed by atoms with E-state index in [1.807, 2.05) is 19.9 Å². The number of anilines is 1. The van der Waals surface area contributed by atoms with Crippen molar-refractivity contribution in [2.24, 2.45) is 0 Å². The van der Waals surface area contributed by atoms with Crippen LogP contribution in [-0.2, 0) is 11.3 Å². The number of aromatic nitrogens is 2. The Kier molecular flexibility index (Phi) is 4.40. The van der Waals surface area contributed by atoms with Gasteiger partial charge < -0.3 is 5.32 Å². The Morgan fingerprint density at radius 3 is 2.83 bits per heavy atom. The standard InChI is InChI=1S/C16H20FN5O/c1-3-22-15(8-10(2)21-22)18-16(23)14-9-13(19-20-14)11-4-6-12(17)7-5-11/h4-8,13-14,19-20H,3,9H2,1-2H3,(H,18,23). The molecule has 3 N–H and O–H groups in total. The maximum absolute atomic E-state index is 13.0. The number of hydrogen-bond acceptors (Lipinski definition) is 4. The van der Waals surface area contributed by atoms with Crippen LogP contribution in [0, 0.1) is 12.7 Å². The highest BCUT2D eigenvalue weighted by atomic mass is 19.1. The maximum Gasteiger partial charge on any atom is 0.244 e. The van der Waals surface area contributed by atoms with E-state index >= 15 is 0 Å². The molecule has 6 nitrogen and oxygen atoms in total. The third kappa shape index (κ3) is 3.40. The van der Waals surface area contributed by atoms with Gasteiger partial charge >= 0.3 is 0 Å². The lowest BCUT2D eigenvalue weighted by molar-refractivity contribution is -0.117. The van der Waals surface area contributed by atoms with E-state index < -0.39 is 0 Å². The monoisotopic (exact) mass is 317 g/mol. The van der Waals surface area contributed by atoms with Crippen molar-refractivity contribution in [2.45, 2.75) is 38.9 Å². The first-order chi connectivity index (χ1) is 11.1. The summed E-state index contributed by atoms with van der Waals surface area (Å²) in [7, 11) is 0. The van der Waals surface area contributed by atoms with Crippen LogP contribution in [0.2, 0.25) is 0 Å². The van der Waals surface area contributed by atoms with Gasteiger partial charge in [0.2, 0.25) is 5.91 Å². The second kappa shape index (κ2) is 6.47. The van der Waals surface area contributed by atoms with Crippen molar-refractivity contribution in [1.29, 1.82) is 0 Å². The quantitative estimate of drug-likeness (QED) is 0.805. The fourth-order valence-corrected chi connectivity index (χ4v) is 2.74. The SMILES string of the molecule is CCn1nc(C)cc1NC(=O)C1CC(c2ccc(F)cc2)NN1. The number of benzene rings is 1. The first-order valence-electron chi connectivity index (χ1n) is 7.68. The van der Waals surface area contributed by atoms with Gasteiger partial charge in [0, 0.05) is 18.7 Å². The Morgan fingerprint density at radius 1 is 1.39 bits per heavy atom. The van der Waals surface area contributed by atoms with E-state index in [0.717, 1.165) is 11.3 Å². The normalized spacial score (nSPS) is 20.7. The number of nitrogens with zero attached hydrogens (tertiary/aromatic N) is 2. The molecule has 1 aliphatic rings. The van der Waals surface area contributed by atoms with Crippen molar-refractivity contribution in [3.05, 3.63) is 47.4 Å². The lowest BCUT2D eigenvalue weighted by Gasteiger charge is -2.11. The van der Waals surface area contributed by atoms with Crippen LogP contribution in [0.4, 0.5) is 10.2 Å². The van der Waals surface area contributed by atoms with Crippen molar-refractivity contribution in [1.82, 2.24) is 20.6 Å². The molecule has 122 valence electrons. The molecule has 3 rings (SSSR count). The summed E-state index contributed by atoms with van der Waals surface area (Å²) in [6.07, 6.45) is 0.594. The highest BCUT2D eigenvalue weighted by Gasteiger charge is 2.30. The Balaban J connectivity index is 1.64. The molecule has 2 aromatic rings. The molecule has 0 spiro atoms. The predicted molar refractivity (Wildman–Crippen MR) is 85.1 cm³/mol. The average Bonchev–Trinajstić information content (AvgIpc) is 3.15. The van der Waals surface area contributed by atoms with Crippen LogP contribution in [-0.4, -0.2) is 21.7 Å². The van der Waals surface area contributed by atoms with Gasteiger partial charge in [-0.25, -0.2) is 19.9 Å². The van der Waals surface area contributed by atoms with Gasteiger partial charge in [-0.3, -0.25) is 4.79 Å². The Morgan fingerprint density at radius 2 is 2.13 bits per heavy atom. The molecular formula is C16H20FN5O. The highest BCUT2D eigenvalue weighted by molar-refractivity contribution is 5.94. The number of hydrogen-bond donors (Lipinski definition) is 3. The Labute approximate surface area is 134 Å². The zero-order valence-corrected chi connectivity index (χ0v) is 13.1. The van der Waals surface area contributed by atoms with Crippen LogP contribution < -0.4 is 16.2 Å². The summed E-state index contributed by atoms with van der Waals surface area (Å²) in [5.74, 6) is 0.316. The van der Waals surface area contributed by atoms with E-state index in [4.69, 9.17) is 0 Å². The number of aryl methyl sites for hydroxylation is 2. The smallest absolute Gasteiger partial charge is 0.244 e. The zero-order chi connectivity index (χ0) is 16.4. The number of carbonyl (C=O) groups is 1. The van der Waals surface area contributed by atoms with Gasteiger partial charge in [-0.1, -0.05) is 12.1 Å². The lowest BCUT2D eigenvalue weighted by atomic mass is 10.0. The molecule has 0 aliphatic carbocycles. The summed E-state index contributed by atoms with van der Waals surface area (Å²) >= 11 is 0. The number of nitrogens with one attached hydrogen (secondary N) is 3. The molecule has 1 aromatic heterocycles. The molecule has 1 aliphatic heterocycles. The largest absolute Gasteiger partial charge is 0.309 e. The second-order valence-corrected chi connectivity index (χ2v) is 5.66. The van der Waals surface area contributed by atoms with E-state index in [2.05, 4.69) is 21.3 Å². The van der Waals surface area contributed by atoms with Crippen LogP contribution in [0.3, 0.4) is 0 Å². The molecule has 1 amide bonds. The van der Waals surface area contributed by atoms with Crippen molar-refractivity contribution in [3.63, 3.8) is 0 Å². The Bertz CT molecular complexity index is 697. The van der Waals surface area contributed by atoms with Crippen molar-refractivity contribution in [3.8, 4) is 0 Å².